The number of aromatic nitrogens is 1. The molecule has 0 aliphatic carbocycles. The Labute approximate surface area is 157 Å². The molecule has 0 saturated carbocycles. The quantitative estimate of drug-likeness (QED) is 0.809. The predicted molar refractivity (Wildman–Crippen MR) is 99.4 cm³/mol. The van der Waals surface area contributed by atoms with Crippen molar-refractivity contribution >= 4 is 17.7 Å². The molecule has 1 saturated heterocycles. The van der Waals surface area contributed by atoms with Gasteiger partial charge in [-0.05, 0) is 44.0 Å². The lowest BCUT2D eigenvalue weighted by Gasteiger charge is -2.32. The van der Waals surface area contributed by atoms with E-state index in [9.17, 15) is 9.59 Å². The fourth-order valence-corrected chi connectivity index (χ4v) is 2.97. The number of nitrogens with zero attached hydrogens (tertiary/aromatic N) is 2. The molecular formula is C19H24N4O4. The molecule has 2 aromatic rings. The largest absolute Gasteiger partial charge is 0.467 e. The number of anilines is 1. The fourth-order valence-electron chi connectivity index (χ4n) is 2.97. The van der Waals surface area contributed by atoms with Crippen molar-refractivity contribution in [1.29, 1.82) is 0 Å². The highest BCUT2D eigenvalue weighted by Gasteiger charge is 2.23. The average molecular weight is 372 g/mol. The van der Waals surface area contributed by atoms with Gasteiger partial charge in [0.15, 0.2) is 0 Å². The van der Waals surface area contributed by atoms with Crippen LogP contribution in [0.4, 0.5) is 10.5 Å². The molecule has 3 heterocycles. The molecule has 27 heavy (non-hydrogen) atoms. The lowest BCUT2D eigenvalue weighted by molar-refractivity contribution is 0.0941. The van der Waals surface area contributed by atoms with Crippen LogP contribution in [0.3, 0.4) is 0 Å². The van der Waals surface area contributed by atoms with E-state index in [4.69, 9.17) is 9.15 Å². The van der Waals surface area contributed by atoms with Crippen LogP contribution in [0.2, 0.25) is 0 Å². The number of hydrogen-bond donors (Lipinski definition) is 2. The van der Waals surface area contributed by atoms with E-state index in [1.807, 2.05) is 6.07 Å². The van der Waals surface area contributed by atoms with Crippen LogP contribution in [-0.4, -0.2) is 47.6 Å². The zero-order chi connectivity index (χ0) is 19.1. The van der Waals surface area contributed by atoms with Gasteiger partial charge < -0.3 is 24.7 Å². The van der Waals surface area contributed by atoms with Gasteiger partial charge in [0.05, 0.1) is 19.4 Å². The lowest BCUT2D eigenvalue weighted by Crippen LogP contribution is -2.42. The number of pyridine rings is 1. The summed E-state index contributed by atoms with van der Waals surface area (Å²) in [5.74, 6) is 0.429. The standard InChI is InChI=1S/C19H24N4O4/c1-2-26-19(25)23-9-6-14(7-10-23)22-15-5-8-20-17(12-15)18(24)21-13-16-4-3-11-27-16/h3-5,8,11-12,14H,2,6-7,9-10,13H2,1H3,(H,20,22)(H,21,24). The summed E-state index contributed by atoms with van der Waals surface area (Å²) in [4.78, 5) is 29.9. The van der Waals surface area contributed by atoms with Crippen LogP contribution in [0.25, 0.3) is 0 Å². The second-order valence-corrected chi connectivity index (χ2v) is 6.30. The van der Waals surface area contributed by atoms with Crippen LogP contribution in [0.1, 0.15) is 36.0 Å². The van der Waals surface area contributed by atoms with Crippen molar-refractivity contribution in [2.45, 2.75) is 32.4 Å². The molecule has 1 fully saturated rings. The second-order valence-electron chi connectivity index (χ2n) is 6.30. The van der Waals surface area contributed by atoms with Crippen LogP contribution < -0.4 is 10.6 Å². The molecule has 1 aliphatic heterocycles. The lowest BCUT2D eigenvalue weighted by atomic mass is 10.1. The number of carbonyl (C=O) groups is 2. The monoisotopic (exact) mass is 372 g/mol. The van der Waals surface area contributed by atoms with Crippen LogP contribution in [0, 0.1) is 0 Å². The molecule has 8 heteroatoms. The number of likely N-dealkylation sites (tertiary alicyclic amines) is 1. The van der Waals surface area contributed by atoms with Gasteiger partial charge in [0.2, 0.25) is 0 Å². The predicted octanol–water partition coefficient (Wildman–Crippen LogP) is 2.64. The number of ether oxygens (including phenoxy) is 1. The summed E-state index contributed by atoms with van der Waals surface area (Å²) in [6.07, 6.45) is 4.56. The molecule has 0 radical (unpaired) electrons. The summed E-state index contributed by atoms with van der Waals surface area (Å²) in [7, 11) is 0. The van der Waals surface area contributed by atoms with E-state index >= 15 is 0 Å². The first-order valence-corrected chi connectivity index (χ1v) is 9.10. The first kappa shape index (κ1) is 18.8. The van der Waals surface area contributed by atoms with Crippen molar-refractivity contribution in [1.82, 2.24) is 15.2 Å². The molecule has 0 unspecified atom stereocenters. The summed E-state index contributed by atoms with van der Waals surface area (Å²) >= 11 is 0. The number of nitrogens with one attached hydrogen (secondary N) is 2. The molecule has 8 nitrogen and oxygen atoms in total. The Balaban J connectivity index is 1.50. The third-order valence-electron chi connectivity index (χ3n) is 4.39. The molecular weight excluding hydrogens is 348 g/mol. The highest BCUT2D eigenvalue weighted by Crippen LogP contribution is 2.17. The van der Waals surface area contributed by atoms with Gasteiger partial charge in [-0.1, -0.05) is 0 Å². The molecule has 0 aromatic carbocycles. The summed E-state index contributed by atoms with van der Waals surface area (Å²) in [5, 5.41) is 6.20. The smallest absolute Gasteiger partial charge is 0.409 e. The molecule has 2 amide bonds. The molecule has 0 bridgehead atoms. The molecule has 3 rings (SSSR count). The van der Waals surface area contributed by atoms with Crippen molar-refractivity contribution in [2.24, 2.45) is 0 Å². The van der Waals surface area contributed by atoms with E-state index in [-0.39, 0.29) is 18.0 Å². The zero-order valence-corrected chi connectivity index (χ0v) is 15.3. The number of carbonyl (C=O) groups excluding carboxylic acids is 2. The van der Waals surface area contributed by atoms with E-state index in [0.717, 1.165) is 18.5 Å². The van der Waals surface area contributed by atoms with Gasteiger partial charge in [0, 0.05) is 31.0 Å². The van der Waals surface area contributed by atoms with Crippen molar-refractivity contribution in [3.05, 3.63) is 48.2 Å². The molecule has 1 aliphatic rings. The number of hydrogen-bond acceptors (Lipinski definition) is 6. The minimum Gasteiger partial charge on any atom is -0.467 e. The molecule has 2 N–H and O–H groups in total. The maximum atomic E-state index is 12.3. The van der Waals surface area contributed by atoms with Gasteiger partial charge in [-0.25, -0.2) is 4.79 Å². The van der Waals surface area contributed by atoms with Crippen molar-refractivity contribution in [2.75, 3.05) is 25.0 Å². The maximum absolute atomic E-state index is 12.3. The summed E-state index contributed by atoms with van der Waals surface area (Å²) in [5.41, 5.74) is 1.18. The Morgan fingerprint density at radius 2 is 2.15 bits per heavy atom. The third kappa shape index (κ3) is 5.22. The van der Waals surface area contributed by atoms with E-state index in [1.165, 1.54) is 0 Å². The van der Waals surface area contributed by atoms with Gasteiger partial charge in [-0.2, -0.15) is 0 Å². The van der Waals surface area contributed by atoms with E-state index in [0.29, 0.717) is 37.7 Å². The Hall–Kier alpha value is -3.03. The van der Waals surface area contributed by atoms with Crippen LogP contribution in [-0.2, 0) is 11.3 Å². The summed E-state index contributed by atoms with van der Waals surface area (Å²) in [6, 6.07) is 7.37. The minimum absolute atomic E-state index is 0.233. The number of piperidine rings is 1. The van der Waals surface area contributed by atoms with Crippen LogP contribution >= 0.6 is 0 Å². The highest BCUT2D eigenvalue weighted by molar-refractivity contribution is 5.93. The third-order valence-corrected chi connectivity index (χ3v) is 4.39. The molecule has 2 aromatic heterocycles. The first-order valence-electron chi connectivity index (χ1n) is 9.10. The van der Waals surface area contributed by atoms with Crippen LogP contribution in [0.15, 0.2) is 41.1 Å². The minimum atomic E-state index is -0.257. The van der Waals surface area contributed by atoms with E-state index in [2.05, 4.69) is 15.6 Å². The van der Waals surface area contributed by atoms with Crippen LogP contribution in [0.5, 0.6) is 0 Å². The number of amides is 2. The van der Waals surface area contributed by atoms with Gasteiger partial charge in [0.1, 0.15) is 11.5 Å². The Kier molecular flexibility index (Phi) is 6.30. The van der Waals surface area contributed by atoms with Crippen molar-refractivity contribution in [3.63, 3.8) is 0 Å². The summed E-state index contributed by atoms with van der Waals surface area (Å²) in [6.45, 7) is 3.81. The topological polar surface area (TPSA) is 96.7 Å². The van der Waals surface area contributed by atoms with E-state index < -0.39 is 0 Å². The first-order chi connectivity index (χ1) is 13.2. The number of furan rings is 1. The van der Waals surface area contributed by atoms with Crippen molar-refractivity contribution in [3.8, 4) is 0 Å². The molecule has 144 valence electrons. The normalized spacial score (nSPS) is 14.6. The fraction of sp³-hybridized carbons (Fsp3) is 0.421. The Morgan fingerprint density at radius 1 is 1.33 bits per heavy atom. The van der Waals surface area contributed by atoms with E-state index in [1.54, 1.807) is 42.5 Å². The zero-order valence-electron chi connectivity index (χ0n) is 15.3. The van der Waals surface area contributed by atoms with Gasteiger partial charge in [-0.3, -0.25) is 9.78 Å². The Morgan fingerprint density at radius 3 is 2.85 bits per heavy atom. The number of rotatable bonds is 6. The van der Waals surface area contributed by atoms with Gasteiger partial charge in [0.25, 0.3) is 5.91 Å². The second kappa shape index (κ2) is 9.07. The van der Waals surface area contributed by atoms with Gasteiger partial charge in [-0.15, -0.1) is 0 Å². The van der Waals surface area contributed by atoms with Crippen molar-refractivity contribution < 1.29 is 18.7 Å². The molecule has 0 spiro atoms. The summed E-state index contributed by atoms with van der Waals surface area (Å²) < 4.78 is 10.2. The average Bonchev–Trinajstić information content (AvgIpc) is 3.21. The van der Waals surface area contributed by atoms with Gasteiger partial charge >= 0.3 is 6.09 Å². The molecule has 0 atom stereocenters. The SMILES string of the molecule is CCOC(=O)N1CCC(Nc2ccnc(C(=O)NCc3ccco3)c2)CC1. The maximum Gasteiger partial charge on any atom is 0.409 e. The Bertz CT molecular complexity index is 755. The highest BCUT2D eigenvalue weighted by atomic mass is 16.6.